The van der Waals surface area contributed by atoms with E-state index in [1.165, 1.54) is 0 Å². The number of halogens is 2. The summed E-state index contributed by atoms with van der Waals surface area (Å²) in [6.45, 7) is 4.68. The Bertz CT molecular complexity index is 318. The van der Waals surface area contributed by atoms with Gasteiger partial charge in [-0.1, -0.05) is 20.3 Å². The summed E-state index contributed by atoms with van der Waals surface area (Å²) in [4.78, 5) is 10.8. The van der Waals surface area contributed by atoms with Crippen LogP contribution in [0.3, 0.4) is 0 Å². The molecule has 2 aliphatic rings. The Labute approximate surface area is 99.9 Å². The minimum atomic E-state index is -3.29. The Hall–Kier alpha value is -0.710. The molecule has 2 atom stereocenters. The standard InChI is InChI=1S/C12H19F2NO2/c1-11(2)5-3-4-9(11)15-7-8-6-12(13,14)10(16)17-8/h8-9,15H,3-7H2,1-2H3. The first-order valence-electron chi connectivity index (χ1n) is 6.13. The van der Waals surface area contributed by atoms with Crippen LogP contribution in [0.25, 0.3) is 0 Å². The molecule has 1 aliphatic heterocycles. The lowest BCUT2D eigenvalue weighted by Gasteiger charge is -2.28. The Morgan fingerprint density at radius 3 is 2.65 bits per heavy atom. The zero-order chi connectivity index (χ0) is 12.7. The van der Waals surface area contributed by atoms with E-state index in [4.69, 9.17) is 0 Å². The summed E-state index contributed by atoms with van der Waals surface area (Å²) in [7, 11) is 0. The molecule has 0 radical (unpaired) electrons. The summed E-state index contributed by atoms with van der Waals surface area (Å²) in [6, 6.07) is 0.329. The van der Waals surface area contributed by atoms with Crippen LogP contribution in [0.1, 0.15) is 39.5 Å². The van der Waals surface area contributed by atoms with Crippen LogP contribution < -0.4 is 5.32 Å². The monoisotopic (exact) mass is 247 g/mol. The van der Waals surface area contributed by atoms with E-state index in [0.717, 1.165) is 19.3 Å². The van der Waals surface area contributed by atoms with Gasteiger partial charge in [0.1, 0.15) is 6.10 Å². The van der Waals surface area contributed by atoms with Gasteiger partial charge in [-0.2, -0.15) is 8.78 Å². The molecule has 17 heavy (non-hydrogen) atoms. The van der Waals surface area contributed by atoms with Crippen molar-refractivity contribution in [1.29, 1.82) is 0 Å². The molecule has 1 saturated carbocycles. The average molecular weight is 247 g/mol. The number of rotatable bonds is 3. The molecular weight excluding hydrogens is 228 g/mol. The largest absolute Gasteiger partial charge is 0.456 e. The second-order valence-electron chi connectivity index (χ2n) is 5.78. The lowest BCUT2D eigenvalue weighted by atomic mass is 9.87. The molecule has 5 heteroatoms. The number of hydrogen-bond acceptors (Lipinski definition) is 3. The van der Waals surface area contributed by atoms with Crippen molar-refractivity contribution in [3.05, 3.63) is 0 Å². The maximum Gasteiger partial charge on any atom is 0.377 e. The highest BCUT2D eigenvalue weighted by molar-refractivity contribution is 5.79. The second kappa shape index (κ2) is 4.19. The lowest BCUT2D eigenvalue weighted by Crippen LogP contribution is -2.41. The van der Waals surface area contributed by atoms with E-state index < -0.39 is 24.4 Å². The van der Waals surface area contributed by atoms with Crippen LogP contribution in [0.4, 0.5) is 8.78 Å². The normalized spacial score (nSPS) is 34.9. The number of nitrogens with one attached hydrogen (secondary N) is 1. The number of carbonyl (C=O) groups excluding carboxylic acids is 1. The molecule has 1 N–H and O–H groups in total. The second-order valence-corrected chi connectivity index (χ2v) is 5.78. The van der Waals surface area contributed by atoms with Crippen LogP contribution in [-0.4, -0.2) is 30.6 Å². The highest BCUT2D eigenvalue weighted by atomic mass is 19.3. The molecule has 2 rings (SSSR count). The van der Waals surface area contributed by atoms with Crippen molar-refractivity contribution >= 4 is 5.97 Å². The van der Waals surface area contributed by atoms with Gasteiger partial charge in [0, 0.05) is 12.6 Å². The predicted molar refractivity (Wildman–Crippen MR) is 58.9 cm³/mol. The highest BCUT2D eigenvalue weighted by Gasteiger charge is 2.50. The van der Waals surface area contributed by atoms with Crippen LogP contribution in [0.5, 0.6) is 0 Å². The van der Waals surface area contributed by atoms with Crippen molar-refractivity contribution in [3.63, 3.8) is 0 Å². The van der Waals surface area contributed by atoms with Gasteiger partial charge in [0.05, 0.1) is 6.42 Å². The van der Waals surface area contributed by atoms with Gasteiger partial charge in [-0.15, -0.1) is 0 Å². The Morgan fingerprint density at radius 2 is 2.18 bits per heavy atom. The first kappa shape index (κ1) is 12.7. The molecule has 1 heterocycles. The molecule has 0 spiro atoms. The fourth-order valence-electron chi connectivity index (χ4n) is 2.74. The van der Waals surface area contributed by atoms with Crippen molar-refractivity contribution < 1.29 is 18.3 Å². The van der Waals surface area contributed by atoms with Crippen molar-refractivity contribution in [2.75, 3.05) is 6.54 Å². The zero-order valence-electron chi connectivity index (χ0n) is 10.3. The first-order chi connectivity index (χ1) is 7.81. The van der Waals surface area contributed by atoms with Crippen LogP contribution >= 0.6 is 0 Å². The fraction of sp³-hybridized carbons (Fsp3) is 0.917. The van der Waals surface area contributed by atoms with Gasteiger partial charge >= 0.3 is 11.9 Å². The Morgan fingerprint density at radius 1 is 1.47 bits per heavy atom. The smallest absolute Gasteiger partial charge is 0.377 e. The number of hydrogen-bond donors (Lipinski definition) is 1. The summed E-state index contributed by atoms with van der Waals surface area (Å²) in [6.07, 6.45) is 2.18. The molecule has 1 saturated heterocycles. The summed E-state index contributed by atoms with van der Waals surface area (Å²) < 4.78 is 30.5. The van der Waals surface area contributed by atoms with E-state index in [-0.39, 0.29) is 5.41 Å². The summed E-state index contributed by atoms with van der Waals surface area (Å²) >= 11 is 0. The predicted octanol–water partition coefficient (Wildman–Crippen LogP) is 2.11. The van der Waals surface area contributed by atoms with Gasteiger partial charge in [0.15, 0.2) is 0 Å². The van der Waals surface area contributed by atoms with E-state index in [1.807, 2.05) is 0 Å². The van der Waals surface area contributed by atoms with Gasteiger partial charge in [-0.25, -0.2) is 4.79 Å². The van der Waals surface area contributed by atoms with Crippen LogP contribution in [0.15, 0.2) is 0 Å². The first-order valence-corrected chi connectivity index (χ1v) is 6.13. The molecule has 0 aromatic rings. The zero-order valence-corrected chi connectivity index (χ0v) is 10.3. The minimum absolute atomic E-state index is 0.200. The highest BCUT2D eigenvalue weighted by Crippen LogP contribution is 2.37. The van der Waals surface area contributed by atoms with Gasteiger partial charge in [0.25, 0.3) is 0 Å². The van der Waals surface area contributed by atoms with E-state index in [2.05, 4.69) is 23.9 Å². The molecule has 3 nitrogen and oxygen atoms in total. The fourth-order valence-corrected chi connectivity index (χ4v) is 2.74. The van der Waals surface area contributed by atoms with Crippen molar-refractivity contribution in [3.8, 4) is 0 Å². The Balaban J connectivity index is 1.82. The number of cyclic esters (lactones) is 1. The average Bonchev–Trinajstić information content (AvgIpc) is 2.64. The molecule has 2 fully saturated rings. The third-order valence-electron chi connectivity index (χ3n) is 3.91. The number of alkyl halides is 2. The topological polar surface area (TPSA) is 38.3 Å². The lowest BCUT2D eigenvalue weighted by molar-refractivity contribution is -0.159. The van der Waals surface area contributed by atoms with Gasteiger partial charge < -0.3 is 10.1 Å². The SMILES string of the molecule is CC1(C)CCCC1NCC1CC(F)(F)C(=O)O1. The molecule has 2 unspecified atom stereocenters. The van der Waals surface area contributed by atoms with Crippen LogP contribution in [-0.2, 0) is 9.53 Å². The maximum atomic E-state index is 12.9. The van der Waals surface area contributed by atoms with E-state index in [1.54, 1.807) is 0 Å². The van der Waals surface area contributed by atoms with Crippen molar-refractivity contribution in [1.82, 2.24) is 5.32 Å². The number of ether oxygens (including phenoxy) is 1. The maximum absolute atomic E-state index is 12.9. The summed E-state index contributed by atoms with van der Waals surface area (Å²) in [5.74, 6) is -4.67. The van der Waals surface area contributed by atoms with Crippen LogP contribution in [0.2, 0.25) is 0 Å². The van der Waals surface area contributed by atoms with E-state index >= 15 is 0 Å². The summed E-state index contributed by atoms with van der Waals surface area (Å²) in [5.41, 5.74) is 0.200. The van der Waals surface area contributed by atoms with E-state index in [0.29, 0.717) is 12.6 Å². The third kappa shape index (κ3) is 2.59. The summed E-state index contributed by atoms with van der Waals surface area (Å²) in [5, 5.41) is 3.26. The number of esters is 1. The molecule has 0 aromatic heterocycles. The van der Waals surface area contributed by atoms with Gasteiger partial charge in [0.2, 0.25) is 0 Å². The van der Waals surface area contributed by atoms with Crippen LogP contribution in [0, 0.1) is 5.41 Å². The van der Waals surface area contributed by atoms with Gasteiger partial charge in [-0.05, 0) is 18.3 Å². The molecule has 0 bridgehead atoms. The molecule has 0 amide bonds. The number of carbonyl (C=O) groups is 1. The third-order valence-corrected chi connectivity index (χ3v) is 3.91. The molecule has 1 aliphatic carbocycles. The molecule has 98 valence electrons. The minimum Gasteiger partial charge on any atom is -0.456 e. The van der Waals surface area contributed by atoms with Crippen molar-refractivity contribution in [2.24, 2.45) is 5.41 Å². The van der Waals surface area contributed by atoms with E-state index in [9.17, 15) is 13.6 Å². The van der Waals surface area contributed by atoms with Crippen molar-refractivity contribution in [2.45, 2.75) is 57.6 Å². The Kier molecular flexibility index (Phi) is 3.14. The molecule has 0 aromatic carbocycles. The molecular formula is C12H19F2NO2. The quantitative estimate of drug-likeness (QED) is 0.776. The van der Waals surface area contributed by atoms with Gasteiger partial charge in [-0.3, -0.25) is 0 Å².